The predicted octanol–water partition coefficient (Wildman–Crippen LogP) is 8.22. The van der Waals surface area contributed by atoms with Gasteiger partial charge in [-0.2, -0.15) is 5.10 Å². The van der Waals surface area contributed by atoms with E-state index in [1.54, 1.807) is 27.4 Å². The molecule has 12 nitrogen and oxygen atoms in total. The highest BCUT2D eigenvalue weighted by Gasteiger charge is 2.30. The summed E-state index contributed by atoms with van der Waals surface area (Å²) in [5, 5.41) is 7.71. The second-order valence-electron chi connectivity index (χ2n) is 16.8. The summed E-state index contributed by atoms with van der Waals surface area (Å²) in [6.07, 6.45) is 6.78. The molecule has 0 unspecified atom stereocenters. The van der Waals surface area contributed by atoms with Crippen molar-refractivity contribution in [1.29, 1.82) is 0 Å². The van der Waals surface area contributed by atoms with Gasteiger partial charge in [0.15, 0.2) is 0 Å². The molecular weight excluding hydrogens is 747 g/mol. The number of hydrogen-bond donors (Lipinski definition) is 1. The smallest absolute Gasteiger partial charge is 0.410 e. The molecule has 1 aliphatic rings. The number of aromatic nitrogens is 4. The van der Waals surface area contributed by atoms with E-state index >= 15 is 0 Å². The van der Waals surface area contributed by atoms with Crippen LogP contribution < -0.4 is 10.2 Å². The van der Waals surface area contributed by atoms with Crippen LogP contribution in [0.5, 0.6) is 0 Å². The summed E-state index contributed by atoms with van der Waals surface area (Å²) in [6.45, 7) is 23.0. The van der Waals surface area contributed by atoms with Gasteiger partial charge in [0.25, 0.3) is 5.91 Å². The van der Waals surface area contributed by atoms with Crippen molar-refractivity contribution in [2.75, 3.05) is 43.6 Å². The summed E-state index contributed by atoms with van der Waals surface area (Å²) in [5.74, 6) is -0.0776. The number of nitrogens with one attached hydrogen (secondary N) is 1. The van der Waals surface area contributed by atoms with E-state index in [1.165, 1.54) is 0 Å². The minimum Gasteiger partial charge on any atom is -0.444 e. The quantitative estimate of drug-likeness (QED) is 0.121. The van der Waals surface area contributed by atoms with E-state index in [2.05, 4.69) is 81.6 Å². The molecule has 51 heavy (non-hydrogen) atoms. The fraction of sp³-hybridized carbons (Fsp3) is 0.611. The molecule has 0 atom stereocenters. The average Bonchev–Trinajstić information content (AvgIpc) is 3.66. The van der Waals surface area contributed by atoms with Crippen molar-refractivity contribution >= 4 is 55.5 Å². The predicted molar refractivity (Wildman–Crippen MR) is 213 cm³/mol. The highest BCUT2D eigenvalue weighted by atomic mass is 79.9. The van der Waals surface area contributed by atoms with Crippen molar-refractivity contribution in [2.45, 2.75) is 110 Å². The zero-order valence-corrected chi connectivity index (χ0v) is 35.8. The number of halogens is 1. The Morgan fingerprint density at radius 3 is 2.20 bits per heavy atom. The lowest BCUT2D eigenvalue weighted by Crippen LogP contribution is -2.47. The Morgan fingerprint density at radius 1 is 0.961 bits per heavy atom. The molecule has 0 radical (unpaired) electrons. The summed E-state index contributed by atoms with van der Waals surface area (Å²) >= 11 is 3.45. The monoisotopic (exact) mass is 803 g/mol. The highest BCUT2D eigenvalue weighted by molar-refractivity contribution is 9.10. The van der Waals surface area contributed by atoms with Gasteiger partial charge in [-0.1, -0.05) is 45.3 Å². The maximum Gasteiger partial charge on any atom is 0.410 e. The molecule has 4 rings (SSSR count). The van der Waals surface area contributed by atoms with E-state index < -0.39 is 21.7 Å². The number of nitrogens with zero attached hydrogens (tertiary/aromatic N) is 6. The van der Waals surface area contributed by atoms with E-state index in [0.29, 0.717) is 36.7 Å². The van der Waals surface area contributed by atoms with Crippen LogP contribution >= 0.6 is 15.9 Å². The first-order valence-corrected chi connectivity index (χ1v) is 26.1. The summed E-state index contributed by atoms with van der Waals surface area (Å²) in [7, 11) is -0.626. The molecule has 1 aromatic carbocycles. The molecule has 1 N–H and O–H groups in total. The minimum absolute atomic E-state index is 0.0537. The van der Waals surface area contributed by atoms with Crippen molar-refractivity contribution in [3.63, 3.8) is 0 Å². The Labute approximate surface area is 314 Å². The van der Waals surface area contributed by atoms with E-state index in [-0.39, 0.29) is 30.6 Å². The highest BCUT2D eigenvalue weighted by Crippen LogP contribution is 2.34. The van der Waals surface area contributed by atoms with Gasteiger partial charge >= 0.3 is 6.09 Å². The molecular formula is C36H58BrN7O5Si2. The van der Waals surface area contributed by atoms with Crippen LogP contribution in [-0.4, -0.2) is 97.4 Å². The average molecular weight is 805 g/mol. The summed E-state index contributed by atoms with van der Waals surface area (Å²) in [5.41, 5.74) is 2.85. The lowest BCUT2D eigenvalue weighted by atomic mass is 10.0. The van der Waals surface area contributed by atoms with Crippen molar-refractivity contribution in [3.05, 3.63) is 47.2 Å². The van der Waals surface area contributed by atoms with Gasteiger partial charge < -0.3 is 33.9 Å². The molecule has 0 bridgehead atoms. The Hall–Kier alpha value is -2.99. The van der Waals surface area contributed by atoms with Crippen molar-refractivity contribution in [2.24, 2.45) is 0 Å². The first-order valence-electron chi connectivity index (χ1n) is 17.9. The van der Waals surface area contributed by atoms with Crippen molar-refractivity contribution in [1.82, 2.24) is 24.2 Å². The Morgan fingerprint density at radius 2 is 1.59 bits per heavy atom. The van der Waals surface area contributed by atoms with Gasteiger partial charge in [0, 0.05) is 73.5 Å². The Balaban J connectivity index is 1.54. The Kier molecular flexibility index (Phi) is 13.8. The number of rotatable bonds is 15. The second kappa shape index (κ2) is 17.2. The molecule has 0 saturated carbocycles. The normalized spacial score (nSPS) is 14.5. The maximum absolute atomic E-state index is 13.9. The van der Waals surface area contributed by atoms with Crippen LogP contribution in [0.15, 0.2) is 41.4 Å². The fourth-order valence-electron chi connectivity index (χ4n) is 5.57. The van der Waals surface area contributed by atoms with Gasteiger partial charge in [-0.15, -0.1) is 0 Å². The second-order valence-corrected chi connectivity index (χ2v) is 28.9. The standard InChI is InChI=1S/C36H58BrN7O5Si2/c1-36(2,3)49-35(46)41(4)29-13-15-42(16-14-29)31-12-11-27(28-22-38-44(23-28)26-48-18-20-51(8,9)10)21-30(31)39-34(45)33-40-32(37)24-43(33)25-47-17-19-50(5,6)7/h11-12,21-24,29H,13-20,25-26H2,1-10H3,(H,39,45). The number of imidazole rings is 1. The van der Waals surface area contributed by atoms with Gasteiger partial charge in [0.2, 0.25) is 5.82 Å². The number of carbonyl (C=O) groups is 2. The number of hydrogen-bond acceptors (Lipinski definition) is 8. The first kappa shape index (κ1) is 40.8. The molecule has 1 fully saturated rings. The first-order chi connectivity index (χ1) is 23.8. The molecule has 3 aromatic rings. The van der Waals surface area contributed by atoms with Crippen LogP contribution in [-0.2, 0) is 27.7 Å². The third-order valence-electron chi connectivity index (χ3n) is 8.64. The molecule has 2 amide bonds. The summed E-state index contributed by atoms with van der Waals surface area (Å²) in [6, 6.07) is 8.28. The number of benzene rings is 1. The van der Waals surface area contributed by atoms with Gasteiger partial charge in [-0.25, -0.2) is 14.5 Å². The fourth-order valence-corrected chi connectivity index (χ4v) is 7.50. The van der Waals surface area contributed by atoms with Crippen LogP contribution in [0.3, 0.4) is 0 Å². The number of amides is 2. The Bertz CT molecular complexity index is 1620. The zero-order valence-electron chi connectivity index (χ0n) is 32.2. The SMILES string of the molecule is CN(C(=O)OC(C)(C)C)C1CCN(c2ccc(-c3cnn(COCC[Si](C)(C)C)c3)cc2NC(=O)c2nc(Br)cn2COCC[Si](C)(C)C)CC1. The van der Waals surface area contributed by atoms with Crippen LogP contribution in [0.2, 0.25) is 51.4 Å². The van der Waals surface area contributed by atoms with E-state index in [4.69, 9.17) is 14.2 Å². The van der Waals surface area contributed by atoms with Gasteiger partial charge in [-0.05, 0) is 79.3 Å². The number of carbonyl (C=O) groups excluding carboxylic acids is 2. The summed E-state index contributed by atoms with van der Waals surface area (Å²) in [4.78, 5) is 35.1. The van der Waals surface area contributed by atoms with Crippen LogP contribution in [0.1, 0.15) is 44.2 Å². The molecule has 282 valence electrons. The zero-order chi connectivity index (χ0) is 37.6. The third kappa shape index (κ3) is 12.9. The largest absolute Gasteiger partial charge is 0.444 e. The van der Waals surface area contributed by atoms with E-state index in [0.717, 1.165) is 48.4 Å². The van der Waals surface area contributed by atoms with Crippen molar-refractivity contribution in [3.8, 4) is 11.1 Å². The van der Waals surface area contributed by atoms with Gasteiger partial charge in [-0.3, -0.25) is 4.79 Å². The maximum atomic E-state index is 13.9. The number of piperidine rings is 1. The lowest BCUT2D eigenvalue weighted by Gasteiger charge is -2.38. The van der Waals surface area contributed by atoms with Gasteiger partial charge in [0.1, 0.15) is 23.7 Å². The third-order valence-corrected chi connectivity index (χ3v) is 12.4. The topological polar surface area (TPSA) is 116 Å². The number of ether oxygens (including phenoxy) is 3. The molecule has 1 saturated heterocycles. The van der Waals surface area contributed by atoms with Gasteiger partial charge in [0.05, 0.1) is 17.6 Å². The molecule has 0 spiro atoms. The van der Waals surface area contributed by atoms with Crippen molar-refractivity contribution < 1.29 is 23.8 Å². The summed E-state index contributed by atoms with van der Waals surface area (Å²) < 4.78 is 21.6. The lowest BCUT2D eigenvalue weighted by molar-refractivity contribution is 0.0200. The van der Waals surface area contributed by atoms with Crippen LogP contribution in [0, 0.1) is 0 Å². The number of anilines is 2. The molecule has 0 aliphatic carbocycles. The molecule has 15 heteroatoms. The van der Waals surface area contributed by atoms with Crippen LogP contribution in [0.4, 0.5) is 16.2 Å². The van der Waals surface area contributed by atoms with E-state index in [1.807, 2.05) is 45.3 Å². The molecule has 3 heterocycles. The molecule has 2 aromatic heterocycles. The van der Waals surface area contributed by atoms with E-state index in [9.17, 15) is 9.59 Å². The molecule has 1 aliphatic heterocycles. The minimum atomic E-state index is -1.25. The van der Waals surface area contributed by atoms with Crippen LogP contribution in [0.25, 0.3) is 11.1 Å².